The first kappa shape index (κ1) is 23.2. The number of nitrogens with zero attached hydrogens (tertiary/aromatic N) is 2. The van der Waals surface area contributed by atoms with Crippen molar-refractivity contribution in [3.63, 3.8) is 0 Å². The zero-order valence-corrected chi connectivity index (χ0v) is 19.0. The molecule has 1 amide bonds. The number of aromatic amines is 1. The molecule has 1 N–H and O–H groups in total. The van der Waals surface area contributed by atoms with E-state index in [0.717, 1.165) is 35.0 Å². The Morgan fingerprint density at radius 3 is 2.56 bits per heavy atom. The standard InChI is InChI=1S/C24H28F3N3O4/c1-14-10-20-18(21-19(22(31)28-20)12-30(21)15-4-8-33-9-5-15)11-17(14)23(32)29-6-2-16(3-7-29)34-13-24(25,26)27/h10-11,15-16H,2-9,12-13H2,1H3,(H,28,31). The van der Waals surface area contributed by atoms with Crippen LogP contribution in [0, 0.1) is 6.92 Å². The van der Waals surface area contributed by atoms with Gasteiger partial charge in [-0.2, -0.15) is 13.2 Å². The van der Waals surface area contributed by atoms with Crippen molar-refractivity contribution >= 4 is 22.5 Å². The average molecular weight is 479 g/mol. The summed E-state index contributed by atoms with van der Waals surface area (Å²) < 4.78 is 47.7. The number of amides is 1. The number of benzene rings is 1. The minimum Gasteiger partial charge on any atom is -0.381 e. The van der Waals surface area contributed by atoms with E-state index in [4.69, 9.17) is 9.47 Å². The van der Waals surface area contributed by atoms with Crippen molar-refractivity contribution in [2.24, 2.45) is 0 Å². The highest BCUT2D eigenvalue weighted by Gasteiger charge is 2.35. The number of anilines is 1. The highest BCUT2D eigenvalue weighted by molar-refractivity contribution is 6.04. The zero-order chi connectivity index (χ0) is 24.0. The smallest absolute Gasteiger partial charge is 0.381 e. The summed E-state index contributed by atoms with van der Waals surface area (Å²) >= 11 is 0. The number of rotatable bonds is 4. The third-order valence-electron chi connectivity index (χ3n) is 7.12. The average Bonchev–Trinajstić information content (AvgIpc) is 2.78. The molecule has 3 aliphatic heterocycles. The number of fused-ring (bicyclic) bond motifs is 3. The van der Waals surface area contributed by atoms with Gasteiger partial charge in [0.2, 0.25) is 0 Å². The minimum absolute atomic E-state index is 0.0924. The van der Waals surface area contributed by atoms with E-state index >= 15 is 0 Å². The number of piperidine rings is 1. The maximum absolute atomic E-state index is 13.4. The molecular weight excluding hydrogens is 451 g/mol. The number of aromatic nitrogens is 1. The topological polar surface area (TPSA) is 74.9 Å². The lowest BCUT2D eigenvalue weighted by atomic mass is 9.93. The van der Waals surface area contributed by atoms with Crippen molar-refractivity contribution in [3.8, 4) is 0 Å². The molecule has 0 radical (unpaired) electrons. The number of carbonyl (C=O) groups excluding carboxylic acids is 1. The van der Waals surface area contributed by atoms with Crippen LogP contribution in [-0.4, -0.2) is 67.0 Å². The van der Waals surface area contributed by atoms with Crippen molar-refractivity contribution in [1.82, 2.24) is 9.88 Å². The maximum Gasteiger partial charge on any atom is 0.411 e. The zero-order valence-electron chi connectivity index (χ0n) is 19.0. The van der Waals surface area contributed by atoms with Gasteiger partial charge in [-0.1, -0.05) is 0 Å². The van der Waals surface area contributed by atoms with Crippen LogP contribution in [0.4, 0.5) is 18.9 Å². The van der Waals surface area contributed by atoms with E-state index in [1.54, 1.807) is 4.90 Å². The lowest BCUT2D eigenvalue weighted by molar-refractivity contribution is -0.188. The van der Waals surface area contributed by atoms with Gasteiger partial charge in [0.05, 0.1) is 29.4 Å². The van der Waals surface area contributed by atoms with Gasteiger partial charge in [-0.15, -0.1) is 0 Å². The number of nitrogens with one attached hydrogen (secondary N) is 1. The van der Waals surface area contributed by atoms with Crippen LogP contribution in [0.25, 0.3) is 10.9 Å². The maximum atomic E-state index is 13.4. The van der Waals surface area contributed by atoms with Crippen molar-refractivity contribution in [1.29, 1.82) is 0 Å². The van der Waals surface area contributed by atoms with Crippen LogP contribution in [-0.2, 0) is 16.0 Å². The fourth-order valence-electron chi connectivity index (χ4n) is 5.26. The number of ether oxygens (including phenoxy) is 2. The van der Waals surface area contributed by atoms with E-state index in [9.17, 15) is 22.8 Å². The van der Waals surface area contributed by atoms with Crippen LogP contribution in [0.1, 0.15) is 47.2 Å². The fraction of sp³-hybridized carbons (Fsp3) is 0.583. The number of hydrogen-bond acceptors (Lipinski definition) is 5. The lowest BCUT2D eigenvalue weighted by Crippen LogP contribution is -2.47. The summed E-state index contributed by atoms with van der Waals surface area (Å²) in [4.78, 5) is 32.8. The number of H-pyrrole nitrogens is 1. The quantitative estimate of drug-likeness (QED) is 0.727. The van der Waals surface area contributed by atoms with Crippen LogP contribution in [0.15, 0.2) is 16.9 Å². The molecular formula is C24H28F3N3O4. The predicted octanol–water partition coefficient (Wildman–Crippen LogP) is 3.52. The van der Waals surface area contributed by atoms with Crippen LogP contribution >= 0.6 is 0 Å². The monoisotopic (exact) mass is 479 g/mol. The molecule has 0 saturated carbocycles. The second kappa shape index (κ2) is 8.88. The van der Waals surface area contributed by atoms with E-state index < -0.39 is 18.9 Å². The summed E-state index contributed by atoms with van der Waals surface area (Å²) in [5, 5.41) is 0.852. The third kappa shape index (κ3) is 4.40. The number of hydrogen-bond donors (Lipinski definition) is 1. The molecule has 1 aromatic heterocycles. The minimum atomic E-state index is -4.35. The van der Waals surface area contributed by atoms with Gasteiger partial charge < -0.3 is 24.3 Å². The highest BCUT2D eigenvalue weighted by Crippen LogP contribution is 2.40. The molecule has 2 fully saturated rings. The molecule has 5 rings (SSSR count). The van der Waals surface area contributed by atoms with Gasteiger partial charge in [0.1, 0.15) is 6.61 Å². The van der Waals surface area contributed by atoms with Crippen LogP contribution in [0.3, 0.4) is 0 Å². The Morgan fingerprint density at radius 2 is 1.88 bits per heavy atom. The predicted molar refractivity (Wildman–Crippen MR) is 120 cm³/mol. The van der Waals surface area contributed by atoms with Gasteiger partial charge in [0, 0.05) is 43.3 Å². The Bertz CT molecular complexity index is 1150. The Labute approximate surface area is 194 Å². The number of carbonyl (C=O) groups is 1. The van der Waals surface area contributed by atoms with E-state index in [-0.39, 0.29) is 11.5 Å². The Morgan fingerprint density at radius 1 is 1.18 bits per heavy atom. The van der Waals surface area contributed by atoms with Gasteiger partial charge in [-0.3, -0.25) is 9.59 Å². The molecule has 7 nitrogen and oxygen atoms in total. The van der Waals surface area contributed by atoms with Gasteiger partial charge >= 0.3 is 6.18 Å². The molecule has 10 heteroatoms. The molecule has 0 spiro atoms. The second-order valence-electron chi connectivity index (χ2n) is 9.38. The van der Waals surface area contributed by atoms with Gasteiger partial charge in [-0.05, 0) is 50.3 Å². The number of pyridine rings is 1. The Balaban J connectivity index is 1.38. The number of aryl methyl sites for hydroxylation is 1. The van der Waals surface area contributed by atoms with Crippen LogP contribution < -0.4 is 10.5 Å². The molecule has 0 aliphatic carbocycles. The van der Waals surface area contributed by atoms with Gasteiger partial charge in [-0.25, -0.2) is 0 Å². The van der Waals surface area contributed by atoms with Crippen molar-refractivity contribution in [2.45, 2.75) is 57.5 Å². The number of alkyl halides is 3. The Kier molecular flexibility index (Phi) is 6.05. The SMILES string of the molecule is Cc1cc2[nH]c(=O)c3c(c2cc1C(=O)N1CCC(OCC(F)(F)F)CC1)N(C1CCOCC1)C3. The molecule has 2 saturated heterocycles. The summed E-state index contributed by atoms with van der Waals surface area (Å²) in [5.41, 5.74) is 3.55. The third-order valence-corrected chi connectivity index (χ3v) is 7.12. The molecule has 4 heterocycles. The molecule has 34 heavy (non-hydrogen) atoms. The molecule has 1 aromatic carbocycles. The van der Waals surface area contributed by atoms with Crippen molar-refractivity contribution in [3.05, 3.63) is 39.2 Å². The number of halogens is 3. The largest absolute Gasteiger partial charge is 0.411 e. The molecule has 0 bridgehead atoms. The summed E-state index contributed by atoms with van der Waals surface area (Å²) in [7, 11) is 0. The summed E-state index contributed by atoms with van der Waals surface area (Å²) in [6.07, 6.45) is -2.31. The molecule has 0 unspecified atom stereocenters. The highest BCUT2D eigenvalue weighted by atomic mass is 19.4. The first-order chi connectivity index (χ1) is 16.2. The van der Waals surface area contributed by atoms with Crippen LogP contribution in [0.5, 0.6) is 0 Å². The molecule has 184 valence electrons. The van der Waals surface area contributed by atoms with E-state index in [2.05, 4.69) is 9.88 Å². The van der Waals surface area contributed by atoms with E-state index in [1.807, 2.05) is 19.1 Å². The lowest BCUT2D eigenvalue weighted by Gasteiger charge is -2.44. The molecule has 2 aromatic rings. The Hall–Kier alpha value is -2.59. The first-order valence-electron chi connectivity index (χ1n) is 11.7. The van der Waals surface area contributed by atoms with Crippen molar-refractivity contribution in [2.75, 3.05) is 37.8 Å². The van der Waals surface area contributed by atoms with Crippen molar-refractivity contribution < 1.29 is 27.4 Å². The van der Waals surface area contributed by atoms with Gasteiger partial charge in [0.15, 0.2) is 0 Å². The summed E-state index contributed by atoms with van der Waals surface area (Å²) in [6.45, 7) is 3.25. The van der Waals surface area contributed by atoms with Gasteiger partial charge in [0.25, 0.3) is 11.5 Å². The van der Waals surface area contributed by atoms with E-state index in [0.29, 0.717) is 62.8 Å². The summed E-state index contributed by atoms with van der Waals surface area (Å²) in [5.74, 6) is -0.148. The first-order valence-corrected chi connectivity index (χ1v) is 11.7. The second-order valence-corrected chi connectivity index (χ2v) is 9.38. The summed E-state index contributed by atoms with van der Waals surface area (Å²) in [6, 6.07) is 4.01. The molecule has 3 aliphatic rings. The molecule has 0 atom stereocenters. The fourth-order valence-corrected chi connectivity index (χ4v) is 5.26. The normalized spacial score (nSPS) is 19.9. The number of likely N-dealkylation sites (tertiary alicyclic amines) is 1. The van der Waals surface area contributed by atoms with Crippen LogP contribution in [0.2, 0.25) is 0 Å². The van der Waals surface area contributed by atoms with E-state index in [1.165, 1.54) is 0 Å².